The molecule has 0 aromatic carbocycles. The predicted molar refractivity (Wildman–Crippen MR) is 95.8 cm³/mol. The van der Waals surface area contributed by atoms with E-state index in [-0.39, 0.29) is 6.29 Å². The Hall–Kier alpha value is -2.65. The van der Waals surface area contributed by atoms with Crippen LogP contribution >= 0.6 is 0 Å². The number of amides is 4. The highest BCUT2D eigenvalue weighted by Crippen LogP contribution is 1.94. The first-order valence-corrected chi connectivity index (χ1v) is 8.51. The van der Waals surface area contributed by atoms with Crippen LogP contribution < -0.4 is 27.0 Å². The summed E-state index contributed by atoms with van der Waals surface area (Å²) in [5, 5.41) is 45.4. The van der Waals surface area contributed by atoms with E-state index in [1.807, 2.05) is 0 Å². The molecule has 14 nitrogen and oxygen atoms in total. The van der Waals surface area contributed by atoms with Gasteiger partial charge in [-0.25, -0.2) is 0 Å². The van der Waals surface area contributed by atoms with Gasteiger partial charge in [0.2, 0.25) is 23.6 Å². The summed E-state index contributed by atoms with van der Waals surface area (Å²) in [4.78, 5) is 58.3. The summed E-state index contributed by atoms with van der Waals surface area (Å²) < 4.78 is 0. The van der Waals surface area contributed by atoms with Crippen LogP contribution in [-0.4, -0.2) is 107 Å². The van der Waals surface area contributed by atoms with Gasteiger partial charge in [-0.2, -0.15) is 0 Å². The van der Waals surface area contributed by atoms with Crippen molar-refractivity contribution in [2.75, 3.05) is 26.4 Å². The molecule has 10 N–H and O–H groups in total. The van der Waals surface area contributed by atoms with Crippen molar-refractivity contribution in [1.29, 1.82) is 0 Å². The van der Waals surface area contributed by atoms with Crippen molar-refractivity contribution in [2.45, 2.75) is 37.2 Å². The van der Waals surface area contributed by atoms with Gasteiger partial charge >= 0.3 is 0 Å². The fraction of sp³-hybridized carbons (Fsp3) is 0.667. The normalized spacial score (nSPS) is 15.8. The largest absolute Gasteiger partial charge is 0.394 e. The minimum Gasteiger partial charge on any atom is -0.394 e. The van der Waals surface area contributed by atoms with Crippen LogP contribution in [0, 0.1) is 0 Å². The zero-order valence-corrected chi connectivity index (χ0v) is 15.7. The number of nitrogens with two attached hydrogens (primary N) is 1. The highest BCUT2D eigenvalue weighted by Gasteiger charge is 2.30. The molecule has 0 aliphatic rings. The Balaban J connectivity index is 5.01. The monoisotopic (exact) mass is 421 g/mol. The molecule has 0 heterocycles. The third-order valence-electron chi connectivity index (χ3n) is 3.63. The van der Waals surface area contributed by atoms with Crippen LogP contribution in [-0.2, 0) is 24.0 Å². The van der Waals surface area contributed by atoms with E-state index in [1.54, 1.807) is 0 Å². The number of aliphatic hydroxyl groups excluding tert-OH is 4. The van der Waals surface area contributed by atoms with Crippen LogP contribution in [0.15, 0.2) is 0 Å². The molecule has 0 aromatic heterocycles. The summed E-state index contributed by atoms with van der Waals surface area (Å²) in [6.07, 6.45) is -0.963. The summed E-state index contributed by atoms with van der Waals surface area (Å²) in [6, 6.07) is -5.87. The molecule has 4 amide bonds. The number of aliphatic hydroxyl groups is 4. The fourth-order valence-electron chi connectivity index (χ4n) is 1.91. The maximum atomic E-state index is 12.2. The first-order chi connectivity index (χ1) is 13.6. The number of nitrogens with one attached hydrogen (secondary N) is 4. The number of carbonyl (C=O) groups is 5. The molecule has 0 radical (unpaired) electrons. The Morgan fingerprint density at radius 1 is 0.828 bits per heavy atom. The Morgan fingerprint density at radius 2 is 1.21 bits per heavy atom. The van der Waals surface area contributed by atoms with Gasteiger partial charge in [0.1, 0.15) is 30.5 Å². The smallest absolute Gasteiger partial charge is 0.245 e. The maximum Gasteiger partial charge on any atom is 0.245 e. The highest BCUT2D eigenvalue weighted by molar-refractivity contribution is 5.94. The third-order valence-corrected chi connectivity index (χ3v) is 3.63. The van der Waals surface area contributed by atoms with E-state index in [9.17, 15) is 39.3 Å². The van der Waals surface area contributed by atoms with Crippen LogP contribution in [0.4, 0.5) is 0 Å². The average molecular weight is 421 g/mol. The molecule has 166 valence electrons. The van der Waals surface area contributed by atoms with Gasteiger partial charge in [-0.15, -0.1) is 0 Å². The van der Waals surface area contributed by atoms with Crippen molar-refractivity contribution in [2.24, 2.45) is 5.73 Å². The molecule has 0 rings (SSSR count). The first kappa shape index (κ1) is 26.4. The molecular formula is C15H27N5O9. The van der Waals surface area contributed by atoms with E-state index in [2.05, 4.69) is 21.3 Å². The molecule has 0 aromatic rings. The second kappa shape index (κ2) is 13.5. The summed E-state index contributed by atoms with van der Waals surface area (Å²) in [6.45, 7) is -1.82. The van der Waals surface area contributed by atoms with Crippen molar-refractivity contribution < 1.29 is 44.4 Å². The van der Waals surface area contributed by atoms with Crippen LogP contribution in [0.25, 0.3) is 0 Å². The number of rotatable bonds is 13. The lowest BCUT2D eigenvalue weighted by molar-refractivity contribution is -0.135. The van der Waals surface area contributed by atoms with Gasteiger partial charge in [0.25, 0.3) is 0 Å². The molecule has 0 fully saturated rings. The summed E-state index contributed by atoms with van der Waals surface area (Å²) in [5.74, 6) is -3.82. The molecule has 5 atom stereocenters. The van der Waals surface area contributed by atoms with Gasteiger partial charge < -0.3 is 52.2 Å². The van der Waals surface area contributed by atoms with E-state index in [4.69, 9.17) is 10.8 Å². The van der Waals surface area contributed by atoms with Crippen LogP contribution in [0.3, 0.4) is 0 Å². The number of hydrogen-bond acceptors (Lipinski definition) is 10. The average Bonchev–Trinajstić information content (AvgIpc) is 2.70. The standard InChI is InChI=1S/C15H27N5O9/c1-7(25)8(3-21)18-14(28)10(5-23)20-15(29)11(6-24)19-13(27)9(4-22)17-12(26)2-16/h3,7-11,22-25H,2,4-6,16H2,1H3,(H,17,26)(H,18,28)(H,19,27)(H,20,29)/t7-,8-,9+,10+,11+/m1/s1. The van der Waals surface area contributed by atoms with Crippen molar-refractivity contribution in [1.82, 2.24) is 21.3 Å². The Morgan fingerprint density at radius 3 is 1.52 bits per heavy atom. The highest BCUT2D eigenvalue weighted by atomic mass is 16.3. The van der Waals surface area contributed by atoms with Gasteiger partial charge in [-0.3, -0.25) is 19.2 Å². The fourth-order valence-corrected chi connectivity index (χ4v) is 1.91. The molecule has 0 bridgehead atoms. The summed E-state index contributed by atoms with van der Waals surface area (Å²) in [7, 11) is 0. The quantitative estimate of drug-likeness (QED) is 0.127. The third kappa shape index (κ3) is 8.93. The molecule has 0 spiro atoms. The molecular weight excluding hydrogens is 394 g/mol. The van der Waals surface area contributed by atoms with Crippen molar-refractivity contribution in [3.63, 3.8) is 0 Å². The zero-order valence-electron chi connectivity index (χ0n) is 15.7. The second-order valence-electron chi connectivity index (χ2n) is 5.91. The van der Waals surface area contributed by atoms with Crippen LogP contribution in [0.1, 0.15) is 6.92 Å². The van der Waals surface area contributed by atoms with Gasteiger partial charge in [-0.05, 0) is 6.92 Å². The SMILES string of the molecule is C[C@@H](O)[C@@H](C=O)NC(=O)[C@H](CO)NC(=O)[C@H](CO)NC(=O)[C@H](CO)NC(=O)CN. The number of hydrogen-bond donors (Lipinski definition) is 9. The minimum atomic E-state index is -1.59. The van der Waals surface area contributed by atoms with E-state index in [0.29, 0.717) is 0 Å². The second-order valence-corrected chi connectivity index (χ2v) is 5.91. The lowest BCUT2D eigenvalue weighted by atomic mass is 10.1. The Bertz CT molecular complexity index is 587. The summed E-state index contributed by atoms with van der Waals surface area (Å²) >= 11 is 0. The van der Waals surface area contributed by atoms with Crippen LogP contribution in [0.2, 0.25) is 0 Å². The lowest BCUT2D eigenvalue weighted by Crippen LogP contribution is -2.60. The van der Waals surface area contributed by atoms with E-state index < -0.39 is 80.3 Å². The molecule has 0 unspecified atom stereocenters. The molecule has 14 heteroatoms. The topological polar surface area (TPSA) is 240 Å². The first-order valence-electron chi connectivity index (χ1n) is 8.51. The van der Waals surface area contributed by atoms with Gasteiger partial charge in [0.05, 0.1) is 32.5 Å². The van der Waals surface area contributed by atoms with Gasteiger partial charge in [0.15, 0.2) is 0 Å². The minimum absolute atomic E-state index is 0.264. The maximum absolute atomic E-state index is 12.2. The zero-order chi connectivity index (χ0) is 22.6. The van der Waals surface area contributed by atoms with Crippen molar-refractivity contribution >= 4 is 29.9 Å². The van der Waals surface area contributed by atoms with E-state index in [1.165, 1.54) is 6.92 Å². The Labute approximate surface area is 165 Å². The number of aldehydes is 1. The van der Waals surface area contributed by atoms with E-state index in [0.717, 1.165) is 0 Å². The molecule has 0 aliphatic carbocycles. The van der Waals surface area contributed by atoms with Crippen molar-refractivity contribution in [3.05, 3.63) is 0 Å². The Kier molecular flexibility index (Phi) is 12.3. The van der Waals surface area contributed by atoms with Crippen molar-refractivity contribution in [3.8, 4) is 0 Å². The summed E-state index contributed by atoms with van der Waals surface area (Å²) in [5.41, 5.74) is 5.08. The predicted octanol–water partition coefficient (Wildman–Crippen LogP) is -6.56. The molecule has 0 saturated heterocycles. The van der Waals surface area contributed by atoms with Gasteiger partial charge in [0, 0.05) is 0 Å². The molecule has 0 saturated carbocycles. The van der Waals surface area contributed by atoms with E-state index >= 15 is 0 Å². The molecule has 29 heavy (non-hydrogen) atoms. The lowest BCUT2D eigenvalue weighted by Gasteiger charge is -2.24. The van der Waals surface area contributed by atoms with Crippen LogP contribution in [0.5, 0.6) is 0 Å². The molecule has 0 aliphatic heterocycles. The number of carbonyl (C=O) groups excluding carboxylic acids is 5. The van der Waals surface area contributed by atoms with Gasteiger partial charge in [-0.1, -0.05) is 0 Å².